The second-order valence-corrected chi connectivity index (χ2v) is 3.68. The smallest absolute Gasteiger partial charge is 0.217 e. The lowest BCUT2D eigenvalue weighted by Crippen LogP contribution is -2.47. The Balaban J connectivity index is 4.33. The molecule has 4 heteroatoms. The standard InChI is InChI=1S/C10H19NO3/c1-6(2)14-8(4)10(7(3)12)11-9(5)13/h6,8,10H,1-5H3,(H,11,13)/t8-,10-/m1/s1. The van der Waals surface area contributed by atoms with E-state index in [0.717, 1.165) is 0 Å². The molecule has 0 saturated heterocycles. The molecular weight excluding hydrogens is 182 g/mol. The fourth-order valence-corrected chi connectivity index (χ4v) is 1.28. The molecule has 0 fully saturated rings. The van der Waals surface area contributed by atoms with E-state index in [1.165, 1.54) is 13.8 Å². The van der Waals surface area contributed by atoms with Crippen LogP contribution in [-0.4, -0.2) is 29.9 Å². The molecule has 1 N–H and O–H groups in total. The van der Waals surface area contributed by atoms with Crippen molar-refractivity contribution < 1.29 is 14.3 Å². The zero-order valence-corrected chi connectivity index (χ0v) is 9.46. The first kappa shape index (κ1) is 13.1. The first-order chi connectivity index (χ1) is 6.34. The number of ketones is 1. The average molecular weight is 201 g/mol. The lowest BCUT2D eigenvalue weighted by atomic mass is 10.1. The second kappa shape index (κ2) is 5.75. The van der Waals surface area contributed by atoms with Crippen LogP contribution in [0.3, 0.4) is 0 Å². The van der Waals surface area contributed by atoms with Gasteiger partial charge in [-0.25, -0.2) is 0 Å². The molecule has 0 aliphatic heterocycles. The van der Waals surface area contributed by atoms with Crippen LogP contribution in [-0.2, 0) is 14.3 Å². The molecule has 0 spiro atoms. The lowest BCUT2D eigenvalue weighted by Gasteiger charge is -2.24. The summed E-state index contributed by atoms with van der Waals surface area (Å²) in [4.78, 5) is 22.0. The minimum atomic E-state index is -0.546. The number of rotatable bonds is 5. The SMILES string of the molecule is CC(=O)N[C@H](C(C)=O)[C@@H](C)OC(C)C. The number of carbonyl (C=O) groups is 2. The Hall–Kier alpha value is -0.900. The van der Waals surface area contributed by atoms with Crippen LogP contribution in [0.4, 0.5) is 0 Å². The van der Waals surface area contributed by atoms with Gasteiger partial charge in [0.15, 0.2) is 5.78 Å². The van der Waals surface area contributed by atoms with E-state index < -0.39 is 6.04 Å². The maximum Gasteiger partial charge on any atom is 0.217 e. The van der Waals surface area contributed by atoms with E-state index in [1.807, 2.05) is 13.8 Å². The third-order valence-corrected chi connectivity index (χ3v) is 1.75. The molecule has 0 unspecified atom stereocenters. The van der Waals surface area contributed by atoms with Crippen LogP contribution >= 0.6 is 0 Å². The van der Waals surface area contributed by atoms with Crippen LogP contribution in [0, 0.1) is 0 Å². The minimum Gasteiger partial charge on any atom is -0.373 e. The third-order valence-electron chi connectivity index (χ3n) is 1.75. The largest absolute Gasteiger partial charge is 0.373 e. The Morgan fingerprint density at radius 2 is 1.64 bits per heavy atom. The highest BCUT2D eigenvalue weighted by Gasteiger charge is 2.23. The van der Waals surface area contributed by atoms with Gasteiger partial charge in [-0.15, -0.1) is 0 Å². The van der Waals surface area contributed by atoms with E-state index in [2.05, 4.69) is 5.32 Å². The monoisotopic (exact) mass is 201 g/mol. The van der Waals surface area contributed by atoms with Crippen LogP contribution in [0.5, 0.6) is 0 Å². The lowest BCUT2D eigenvalue weighted by molar-refractivity contribution is -0.130. The van der Waals surface area contributed by atoms with Crippen molar-refractivity contribution in [1.82, 2.24) is 5.32 Å². The van der Waals surface area contributed by atoms with Crippen molar-refractivity contribution in [3.8, 4) is 0 Å². The molecule has 0 bridgehead atoms. The Kier molecular flexibility index (Phi) is 5.38. The summed E-state index contributed by atoms with van der Waals surface area (Å²) in [5.74, 6) is -0.308. The molecule has 2 atom stereocenters. The molecule has 82 valence electrons. The van der Waals surface area contributed by atoms with E-state index in [1.54, 1.807) is 6.92 Å². The summed E-state index contributed by atoms with van der Waals surface area (Å²) in [6, 6.07) is -0.546. The third kappa shape index (κ3) is 4.97. The molecule has 0 aliphatic carbocycles. The number of nitrogens with one attached hydrogen (secondary N) is 1. The van der Waals surface area contributed by atoms with Gasteiger partial charge in [0.25, 0.3) is 0 Å². The fourth-order valence-electron chi connectivity index (χ4n) is 1.28. The van der Waals surface area contributed by atoms with Crippen molar-refractivity contribution in [3.05, 3.63) is 0 Å². The maximum absolute atomic E-state index is 11.2. The summed E-state index contributed by atoms with van der Waals surface area (Å²) >= 11 is 0. The van der Waals surface area contributed by atoms with E-state index in [0.29, 0.717) is 0 Å². The molecule has 14 heavy (non-hydrogen) atoms. The van der Waals surface area contributed by atoms with Gasteiger partial charge < -0.3 is 10.1 Å². The van der Waals surface area contributed by atoms with Crippen LogP contribution in [0.15, 0.2) is 0 Å². The quantitative estimate of drug-likeness (QED) is 0.718. The van der Waals surface area contributed by atoms with Gasteiger partial charge in [-0.2, -0.15) is 0 Å². The molecule has 0 aromatic rings. The summed E-state index contributed by atoms with van der Waals surface area (Å²) in [6.07, 6.45) is -0.253. The van der Waals surface area contributed by atoms with Crippen molar-refractivity contribution in [1.29, 1.82) is 0 Å². The summed E-state index contributed by atoms with van der Waals surface area (Å²) in [5.41, 5.74) is 0. The van der Waals surface area contributed by atoms with Gasteiger partial charge in [-0.1, -0.05) is 0 Å². The molecule has 0 aromatic carbocycles. The minimum absolute atomic E-state index is 0.0422. The van der Waals surface area contributed by atoms with Crippen LogP contribution < -0.4 is 5.32 Å². The molecule has 0 heterocycles. The van der Waals surface area contributed by atoms with Crippen LogP contribution in [0.25, 0.3) is 0 Å². The molecule has 4 nitrogen and oxygen atoms in total. The van der Waals surface area contributed by atoms with Gasteiger partial charge in [0.05, 0.1) is 12.2 Å². The number of hydrogen-bond donors (Lipinski definition) is 1. The number of ether oxygens (including phenoxy) is 1. The van der Waals surface area contributed by atoms with Gasteiger partial charge in [0, 0.05) is 6.92 Å². The first-order valence-electron chi connectivity index (χ1n) is 4.77. The Labute approximate surface area is 85.0 Å². The topological polar surface area (TPSA) is 55.4 Å². The molecule has 0 saturated carbocycles. The average Bonchev–Trinajstić information content (AvgIpc) is 1.97. The highest BCUT2D eigenvalue weighted by atomic mass is 16.5. The van der Waals surface area contributed by atoms with Crippen molar-refractivity contribution in [3.63, 3.8) is 0 Å². The van der Waals surface area contributed by atoms with Crippen LogP contribution in [0.2, 0.25) is 0 Å². The van der Waals surface area contributed by atoms with Gasteiger partial charge in [-0.3, -0.25) is 9.59 Å². The highest BCUT2D eigenvalue weighted by molar-refractivity contribution is 5.87. The summed E-state index contributed by atoms with van der Waals surface area (Å²) in [5, 5.41) is 2.57. The van der Waals surface area contributed by atoms with Crippen molar-refractivity contribution in [2.45, 2.75) is 52.9 Å². The summed E-state index contributed by atoms with van der Waals surface area (Å²) in [6.45, 7) is 8.39. The van der Waals surface area contributed by atoms with Crippen LogP contribution in [0.1, 0.15) is 34.6 Å². The number of carbonyl (C=O) groups excluding carboxylic acids is 2. The fraction of sp³-hybridized carbons (Fsp3) is 0.800. The van der Waals surface area contributed by atoms with E-state index in [-0.39, 0.29) is 23.9 Å². The molecule has 0 radical (unpaired) electrons. The first-order valence-corrected chi connectivity index (χ1v) is 4.77. The van der Waals surface area contributed by atoms with E-state index in [4.69, 9.17) is 4.74 Å². The molecular formula is C10H19NO3. The number of Topliss-reactive ketones (excluding diaryl/α,β-unsaturated/α-hetero) is 1. The second-order valence-electron chi connectivity index (χ2n) is 3.68. The normalized spacial score (nSPS) is 15.0. The predicted molar refractivity (Wildman–Crippen MR) is 54.0 cm³/mol. The van der Waals surface area contributed by atoms with Crippen molar-refractivity contribution in [2.75, 3.05) is 0 Å². The maximum atomic E-state index is 11.2. The van der Waals surface area contributed by atoms with E-state index >= 15 is 0 Å². The van der Waals surface area contributed by atoms with E-state index in [9.17, 15) is 9.59 Å². The Morgan fingerprint density at radius 1 is 1.14 bits per heavy atom. The molecule has 0 rings (SSSR count). The van der Waals surface area contributed by atoms with Gasteiger partial charge in [0.1, 0.15) is 6.04 Å². The van der Waals surface area contributed by atoms with Gasteiger partial charge >= 0.3 is 0 Å². The van der Waals surface area contributed by atoms with Crippen molar-refractivity contribution >= 4 is 11.7 Å². The Bertz CT molecular complexity index is 213. The molecule has 0 aromatic heterocycles. The number of hydrogen-bond acceptors (Lipinski definition) is 3. The molecule has 1 amide bonds. The predicted octanol–water partition coefficient (Wildman–Crippen LogP) is 0.894. The summed E-state index contributed by atoms with van der Waals surface area (Å²) in [7, 11) is 0. The highest BCUT2D eigenvalue weighted by Crippen LogP contribution is 2.04. The summed E-state index contributed by atoms with van der Waals surface area (Å²) < 4.78 is 5.44. The zero-order valence-electron chi connectivity index (χ0n) is 9.46. The Morgan fingerprint density at radius 3 is 1.93 bits per heavy atom. The zero-order chi connectivity index (χ0) is 11.3. The molecule has 0 aliphatic rings. The van der Waals surface area contributed by atoms with Gasteiger partial charge in [-0.05, 0) is 27.7 Å². The van der Waals surface area contributed by atoms with Crippen molar-refractivity contribution in [2.24, 2.45) is 0 Å². The van der Waals surface area contributed by atoms with Gasteiger partial charge in [0.2, 0.25) is 5.91 Å². The number of amides is 1.